The molecule has 0 aromatic carbocycles. The maximum Gasteiger partial charge on any atom is -0.00161 e. The molecule has 1 saturated heterocycles. The molecule has 1 aliphatic rings. The molecular weight excluding hydrogens is 196 g/mol. The van der Waals surface area contributed by atoms with Gasteiger partial charge in [0, 0.05) is 0 Å². The summed E-state index contributed by atoms with van der Waals surface area (Å²) < 4.78 is 0. The Kier molecular flexibility index (Phi) is 7.87. The SMILES string of the molecule is CCNCCCCCN1CCC(CC)CC1. The van der Waals surface area contributed by atoms with Crippen molar-refractivity contribution in [2.45, 2.75) is 52.4 Å². The molecule has 0 spiro atoms. The predicted octanol–water partition coefficient (Wildman–Crippen LogP) is 2.89. The highest BCUT2D eigenvalue weighted by atomic mass is 15.1. The third-order valence-corrected chi connectivity index (χ3v) is 3.86. The van der Waals surface area contributed by atoms with E-state index in [4.69, 9.17) is 0 Å². The second kappa shape index (κ2) is 9.00. The Morgan fingerprint density at radius 1 is 1.06 bits per heavy atom. The molecule has 1 fully saturated rings. The van der Waals surface area contributed by atoms with Gasteiger partial charge in [0.15, 0.2) is 0 Å². The van der Waals surface area contributed by atoms with Crippen LogP contribution in [0.25, 0.3) is 0 Å². The molecule has 0 bridgehead atoms. The van der Waals surface area contributed by atoms with Crippen molar-refractivity contribution in [1.82, 2.24) is 10.2 Å². The molecule has 2 nitrogen and oxygen atoms in total. The van der Waals surface area contributed by atoms with Gasteiger partial charge in [0.05, 0.1) is 0 Å². The fourth-order valence-corrected chi connectivity index (χ4v) is 2.56. The van der Waals surface area contributed by atoms with Crippen LogP contribution in [-0.4, -0.2) is 37.6 Å². The molecule has 1 N–H and O–H groups in total. The molecule has 1 heterocycles. The average Bonchev–Trinajstić information content (AvgIpc) is 2.34. The van der Waals surface area contributed by atoms with E-state index < -0.39 is 0 Å². The zero-order valence-corrected chi connectivity index (χ0v) is 11.3. The van der Waals surface area contributed by atoms with Crippen LogP contribution in [0.2, 0.25) is 0 Å². The van der Waals surface area contributed by atoms with E-state index >= 15 is 0 Å². The maximum atomic E-state index is 3.39. The van der Waals surface area contributed by atoms with Crippen LogP contribution >= 0.6 is 0 Å². The Labute approximate surface area is 102 Å². The van der Waals surface area contributed by atoms with E-state index in [1.807, 2.05) is 0 Å². The van der Waals surface area contributed by atoms with Crippen molar-refractivity contribution in [3.05, 3.63) is 0 Å². The molecule has 1 rings (SSSR count). The van der Waals surface area contributed by atoms with E-state index in [9.17, 15) is 0 Å². The lowest BCUT2D eigenvalue weighted by molar-refractivity contribution is 0.179. The Bertz CT molecular complexity index is 151. The van der Waals surface area contributed by atoms with Crippen LogP contribution in [0.5, 0.6) is 0 Å². The highest BCUT2D eigenvalue weighted by molar-refractivity contribution is 4.71. The molecule has 16 heavy (non-hydrogen) atoms. The van der Waals surface area contributed by atoms with Gasteiger partial charge in [-0.05, 0) is 64.3 Å². The first-order valence-corrected chi connectivity index (χ1v) is 7.29. The second-order valence-electron chi connectivity index (χ2n) is 5.11. The molecule has 0 saturated carbocycles. The summed E-state index contributed by atoms with van der Waals surface area (Å²) in [7, 11) is 0. The zero-order valence-electron chi connectivity index (χ0n) is 11.3. The maximum absolute atomic E-state index is 3.39. The lowest BCUT2D eigenvalue weighted by atomic mass is 9.94. The summed E-state index contributed by atoms with van der Waals surface area (Å²) in [5, 5.41) is 3.39. The third kappa shape index (κ3) is 5.86. The number of nitrogens with one attached hydrogen (secondary N) is 1. The van der Waals surface area contributed by atoms with E-state index in [1.165, 1.54) is 64.7 Å². The number of unbranched alkanes of at least 4 members (excludes halogenated alkanes) is 2. The minimum atomic E-state index is 1.02. The van der Waals surface area contributed by atoms with E-state index in [0.717, 1.165) is 12.5 Å². The normalized spacial score (nSPS) is 19.1. The lowest BCUT2D eigenvalue weighted by Crippen LogP contribution is -2.34. The van der Waals surface area contributed by atoms with Crippen LogP contribution in [-0.2, 0) is 0 Å². The van der Waals surface area contributed by atoms with Crippen molar-refractivity contribution < 1.29 is 0 Å². The smallest absolute Gasteiger partial charge is 0.00161 e. The fourth-order valence-electron chi connectivity index (χ4n) is 2.56. The molecule has 0 aliphatic carbocycles. The molecule has 0 atom stereocenters. The van der Waals surface area contributed by atoms with Crippen molar-refractivity contribution >= 4 is 0 Å². The lowest BCUT2D eigenvalue weighted by Gasteiger charge is -2.31. The third-order valence-electron chi connectivity index (χ3n) is 3.86. The zero-order chi connectivity index (χ0) is 11.6. The number of hydrogen-bond acceptors (Lipinski definition) is 2. The largest absolute Gasteiger partial charge is 0.317 e. The summed E-state index contributed by atoms with van der Waals surface area (Å²) in [6.45, 7) is 10.9. The first-order valence-electron chi connectivity index (χ1n) is 7.29. The monoisotopic (exact) mass is 226 g/mol. The molecule has 0 unspecified atom stereocenters. The standard InChI is InChI=1S/C14H30N2/c1-3-14-8-12-16(13-9-14)11-7-5-6-10-15-4-2/h14-15H,3-13H2,1-2H3. The van der Waals surface area contributed by atoms with Crippen molar-refractivity contribution in [2.75, 3.05) is 32.7 Å². The molecule has 0 radical (unpaired) electrons. The second-order valence-corrected chi connectivity index (χ2v) is 5.11. The van der Waals surface area contributed by atoms with E-state index in [-0.39, 0.29) is 0 Å². The van der Waals surface area contributed by atoms with Crippen molar-refractivity contribution in [2.24, 2.45) is 5.92 Å². The molecule has 1 aliphatic heterocycles. The molecular formula is C14H30N2. The molecule has 0 aromatic heterocycles. The molecule has 2 heteroatoms. The van der Waals surface area contributed by atoms with Gasteiger partial charge in [-0.3, -0.25) is 0 Å². The number of likely N-dealkylation sites (tertiary alicyclic amines) is 1. The number of rotatable bonds is 8. The van der Waals surface area contributed by atoms with Gasteiger partial charge in [0.1, 0.15) is 0 Å². The highest BCUT2D eigenvalue weighted by Gasteiger charge is 2.16. The Balaban J connectivity index is 1.90. The highest BCUT2D eigenvalue weighted by Crippen LogP contribution is 2.19. The number of nitrogens with zero attached hydrogens (tertiary/aromatic N) is 1. The first kappa shape index (κ1) is 14.0. The summed E-state index contributed by atoms with van der Waals surface area (Å²) in [6, 6.07) is 0. The van der Waals surface area contributed by atoms with Crippen molar-refractivity contribution in [3.8, 4) is 0 Å². The van der Waals surface area contributed by atoms with Crippen LogP contribution in [0.4, 0.5) is 0 Å². The number of piperidine rings is 1. The van der Waals surface area contributed by atoms with Crippen LogP contribution < -0.4 is 5.32 Å². The van der Waals surface area contributed by atoms with Crippen molar-refractivity contribution in [3.63, 3.8) is 0 Å². The summed E-state index contributed by atoms with van der Waals surface area (Å²) in [6.07, 6.45) is 8.39. The van der Waals surface area contributed by atoms with Gasteiger partial charge in [-0.1, -0.05) is 26.7 Å². The van der Waals surface area contributed by atoms with Crippen LogP contribution in [0.3, 0.4) is 0 Å². The average molecular weight is 226 g/mol. The number of hydrogen-bond donors (Lipinski definition) is 1. The van der Waals surface area contributed by atoms with Crippen LogP contribution in [0.1, 0.15) is 52.4 Å². The molecule has 96 valence electrons. The van der Waals surface area contributed by atoms with Gasteiger partial charge in [-0.15, -0.1) is 0 Å². The minimum absolute atomic E-state index is 1.02. The van der Waals surface area contributed by atoms with E-state index in [1.54, 1.807) is 0 Å². The topological polar surface area (TPSA) is 15.3 Å². The van der Waals surface area contributed by atoms with Crippen LogP contribution in [0.15, 0.2) is 0 Å². The van der Waals surface area contributed by atoms with E-state index in [2.05, 4.69) is 24.1 Å². The fraction of sp³-hybridized carbons (Fsp3) is 1.00. The van der Waals surface area contributed by atoms with Gasteiger partial charge < -0.3 is 10.2 Å². The summed E-state index contributed by atoms with van der Waals surface area (Å²) in [5.74, 6) is 1.02. The van der Waals surface area contributed by atoms with Gasteiger partial charge in [-0.2, -0.15) is 0 Å². The van der Waals surface area contributed by atoms with Gasteiger partial charge in [0.25, 0.3) is 0 Å². The minimum Gasteiger partial charge on any atom is -0.317 e. The van der Waals surface area contributed by atoms with Gasteiger partial charge >= 0.3 is 0 Å². The summed E-state index contributed by atoms with van der Waals surface area (Å²) >= 11 is 0. The summed E-state index contributed by atoms with van der Waals surface area (Å²) in [4.78, 5) is 2.67. The van der Waals surface area contributed by atoms with Crippen LogP contribution in [0, 0.1) is 5.92 Å². The first-order chi connectivity index (χ1) is 7.86. The van der Waals surface area contributed by atoms with E-state index in [0.29, 0.717) is 0 Å². The Hall–Kier alpha value is -0.0800. The molecule has 0 amide bonds. The van der Waals surface area contributed by atoms with Crippen molar-refractivity contribution in [1.29, 1.82) is 0 Å². The summed E-state index contributed by atoms with van der Waals surface area (Å²) in [5.41, 5.74) is 0. The quantitative estimate of drug-likeness (QED) is 0.640. The Morgan fingerprint density at radius 2 is 1.81 bits per heavy atom. The Morgan fingerprint density at radius 3 is 2.44 bits per heavy atom. The van der Waals surface area contributed by atoms with Gasteiger partial charge in [0.2, 0.25) is 0 Å². The predicted molar refractivity (Wildman–Crippen MR) is 71.8 cm³/mol. The molecule has 0 aromatic rings. The van der Waals surface area contributed by atoms with Gasteiger partial charge in [-0.25, -0.2) is 0 Å².